The number of hydrogen-bond acceptors (Lipinski definition) is 11. The van der Waals surface area contributed by atoms with Crippen molar-refractivity contribution in [3.63, 3.8) is 0 Å². The first-order valence-electron chi connectivity index (χ1n) is 20.2. The Labute approximate surface area is 328 Å². The van der Waals surface area contributed by atoms with E-state index < -0.39 is 52.0 Å². The number of hydrogen-bond donors (Lipinski definition) is 6. The van der Waals surface area contributed by atoms with Crippen molar-refractivity contribution in [2.75, 3.05) is 58.9 Å². The summed E-state index contributed by atoms with van der Waals surface area (Å²) >= 11 is 0. The number of nitrogens with zero attached hydrogens (tertiary/aromatic N) is 3. The van der Waals surface area contributed by atoms with E-state index in [0.717, 1.165) is 29.7 Å². The highest BCUT2D eigenvalue weighted by atomic mass is 16.5. The van der Waals surface area contributed by atoms with Crippen LogP contribution in [0.25, 0.3) is 10.9 Å². The predicted molar refractivity (Wildman–Crippen MR) is 213 cm³/mol. The van der Waals surface area contributed by atoms with Crippen molar-refractivity contribution in [2.24, 2.45) is 17.2 Å². The van der Waals surface area contributed by atoms with Crippen LogP contribution in [0.2, 0.25) is 0 Å². The number of piperidine rings is 1. The maximum Gasteiger partial charge on any atom is 0.313 e. The van der Waals surface area contributed by atoms with E-state index in [1.807, 2.05) is 56.1 Å². The van der Waals surface area contributed by atoms with Gasteiger partial charge in [-0.3, -0.25) is 24.8 Å². The highest BCUT2D eigenvalue weighted by molar-refractivity contribution is 5.90. The first-order chi connectivity index (χ1) is 26.8. The maximum absolute atomic E-state index is 14.1. The number of ether oxygens (including phenoxy) is 2. The number of carbonyl (C=O) groups excluding carboxylic acids is 2. The van der Waals surface area contributed by atoms with Gasteiger partial charge >= 0.3 is 5.97 Å². The van der Waals surface area contributed by atoms with Crippen LogP contribution in [-0.2, 0) is 26.2 Å². The molecule has 4 aliphatic heterocycles. The number of aromatic amines is 1. The van der Waals surface area contributed by atoms with E-state index in [1.165, 1.54) is 18.1 Å². The number of likely N-dealkylation sites (tertiary alicyclic amines) is 1. The molecule has 0 unspecified atom stereocenters. The van der Waals surface area contributed by atoms with Gasteiger partial charge in [0, 0.05) is 84.5 Å². The lowest BCUT2D eigenvalue weighted by atomic mass is 9.47. The normalized spacial score (nSPS) is 34.2. The van der Waals surface area contributed by atoms with Gasteiger partial charge in [-0.1, -0.05) is 44.2 Å². The molecule has 7 N–H and O–H groups in total. The average Bonchev–Trinajstić information content (AvgIpc) is 3.89. The Hall–Kier alpha value is -3.98. The Morgan fingerprint density at radius 1 is 1.12 bits per heavy atom. The number of rotatable bonds is 11. The largest absolute Gasteiger partial charge is 0.496 e. The molecular weight excluding hydrogens is 713 g/mol. The SMILES string of the molecule is CC[C@]1(O)C[C@@H](C[C@H](C(=O)OC)c2cc3c(cc2OC)N(C)[C@H]2[C@@](O)(C(=O)NN)[C@H](O)[C@]4(CC)C=CCN5CC[C@]32[C@@H]54)CN(CCc2c[nH]c3ccccc23)C1. The zero-order valence-electron chi connectivity index (χ0n) is 33.3. The van der Waals surface area contributed by atoms with Gasteiger partial charge in [0.1, 0.15) is 11.9 Å². The Kier molecular flexibility index (Phi) is 9.81. The number of para-hydroxylation sites is 1. The topological polar surface area (TPSA) is 177 Å². The number of anilines is 1. The summed E-state index contributed by atoms with van der Waals surface area (Å²) in [6.07, 6.45) is 8.12. The zero-order chi connectivity index (χ0) is 39.8. The lowest BCUT2D eigenvalue weighted by molar-refractivity contribution is -0.203. The molecule has 1 aliphatic carbocycles. The quantitative estimate of drug-likeness (QED) is 0.0556. The zero-order valence-corrected chi connectivity index (χ0v) is 33.3. The predicted octanol–water partition coefficient (Wildman–Crippen LogP) is 2.72. The minimum absolute atomic E-state index is 0.0336. The van der Waals surface area contributed by atoms with Gasteiger partial charge in [0.25, 0.3) is 5.91 Å². The third kappa shape index (κ3) is 5.49. The van der Waals surface area contributed by atoms with Crippen LogP contribution in [0.15, 0.2) is 54.7 Å². The summed E-state index contributed by atoms with van der Waals surface area (Å²) in [4.78, 5) is 37.9. The average molecular weight is 771 g/mol. The molecule has 56 heavy (non-hydrogen) atoms. The molecule has 3 aromatic rings. The van der Waals surface area contributed by atoms with E-state index in [4.69, 9.17) is 15.3 Å². The van der Waals surface area contributed by atoms with Gasteiger partial charge in [-0.2, -0.15) is 0 Å². The Bertz CT molecular complexity index is 2040. The smallest absolute Gasteiger partial charge is 0.313 e. The first kappa shape index (κ1) is 38.9. The number of esters is 1. The molecule has 3 fully saturated rings. The molecule has 302 valence electrons. The van der Waals surface area contributed by atoms with Crippen molar-refractivity contribution < 1.29 is 34.4 Å². The van der Waals surface area contributed by atoms with Crippen molar-refractivity contribution in [1.82, 2.24) is 20.2 Å². The van der Waals surface area contributed by atoms with Crippen LogP contribution in [0.4, 0.5) is 5.69 Å². The minimum Gasteiger partial charge on any atom is -0.496 e. The molecule has 1 amide bonds. The second-order valence-corrected chi connectivity index (χ2v) is 17.2. The Balaban J connectivity index is 1.19. The van der Waals surface area contributed by atoms with Crippen LogP contribution >= 0.6 is 0 Å². The molecule has 2 saturated heterocycles. The third-order valence-electron chi connectivity index (χ3n) is 14.7. The van der Waals surface area contributed by atoms with Gasteiger partial charge in [0.2, 0.25) is 0 Å². The lowest BCUT2D eigenvalue weighted by Crippen LogP contribution is -2.82. The van der Waals surface area contributed by atoms with Gasteiger partial charge in [-0.15, -0.1) is 0 Å². The minimum atomic E-state index is -2.27. The van der Waals surface area contributed by atoms with Gasteiger partial charge < -0.3 is 34.7 Å². The number of aliphatic hydroxyl groups is 3. The number of hydrazine groups is 1. The number of nitrogens with two attached hydrogens (primary N) is 1. The molecule has 13 heteroatoms. The van der Waals surface area contributed by atoms with Crippen LogP contribution in [-0.4, -0.2) is 125 Å². The van der Waals surface area contributed by atoms with Crippen LogP contribution in [0.3, 0.4) is 0 Å². The molecule has 1 saturated carbocycles. The van der Waals surface area contributed by atoms with Crippen molar-refractivity contribution in [2.45, 2.75) is 93.1 Å². The first-order valence-corrected chi connectivity index (χ1v) is 20.2. The van der Waals surface area contributed by atoms with Gasteiger partial charge in [-0.05, 0) is 74.2 Å². The number of carbonyl (C=O) groups is 2. The summed E-state index contributed by atoms with van der Waals surface area (Å²) in [7, 11) is 4.83. The summed E-state index contributed by atoms with van der Waals surface area (Å²) in [5.41, 5.74) is 1.90. The lowest BCUT2D eigenvalue weighted by Gasteiger charge is -2.63. The number of fused-ring (bicyclic) bond motifs is 2. The number of β-amino-alcohol motifs (C(OH)–C–C–N with tert-alkyl or cyclic N) is 1. The number of aromatic nitrogens is 1. The molecule has 1 spiro atoms. The summed E-state index contributed by atoms with van der Waals surface area (Å²) in [5, 5.41) is 38.0. The van der Waals surface area contributed by atoms with E-state index >= 15 is 0 Å². The van der Waals surface area contributed by atoms with Gasteiger partial charge in [0.05, 0.1) is 31.8 Å². The van der Waals surface area contributed by atoms with E-state index in [9.17, 15) is 24.9 Å². The molecular formula is C43H58N6O7. The number of nitrogens with one attached hydrogen (secondary N) is 2. The summed E-state index contributed by atoms with van der Waals surface area (Å²) in [5.74, 6) is 4.27. The maximum atomic E-state index is 14.1. The molecule has 5 heterocycles. The number of benzene rings is 2. The molecule has 0 radical (unpaired) electrons. The highest BCUT2D eigenvalue weighted by Gasteiger charge is 2.78. The van der Waals surface area contributed by atoms with E-state index in [1.54, 1.807) is 7.11 Å². The van der Waals surface area contributed by atoms with Crippen LogP contribution in [0, 0.1) is 11.3 Å². The molecule has 9 atom stereocenters. The second kappa shape index (κ2) is 14.1. The fourth-order valence-corrected chi connectivity index (χ4v) is 12.2. The fourth-order valence-electron chi connectivity index (χ4n) is 12.2. The highest BCUT2D eigenvalue weighted by Crippen LogP contribution is 2.67. The summed E-state index contributed by atoms with van der Waals surface area (Å²) in [6.45, 7) is 7.41. The van der Waals surface area contributed by atoms with Crippen molar-refractivity contribution in [3.8, 4) is 5.75 Å². The third-order valence-corrected chi connectivity index (χ3v) is 14.7. The monoisotopic (exact) mass is 770 g/mol. The van der Waals surface area contributed by atoms with Crippen molar-refractivity contribution in [1.29, 1.82) is 0 Å². The van der Waals surface area contributed by atoms with E-state index in [-0.39, 0.29) is 12.0 Å². The fraction of sp³-hybridized carbons (Fsp3) is 0.581. The van der Waals surface area contributed by atoms with Crippen LogP contribution < -0.4 is 20.9 Å². The molecule has 13 nitrogen and oxygen atoms in total. The van der Waals surface area contributed by atoms with E-state index in [0.29, 0.717) is 69.6 Å². The van der Waals surface area contributed by atoms with Crippen molar-refractivity contribution in [3.05, 3.63) is 71.4 Å². The Morgan fingerprint density at radius 2 is 1.91 bits per heavy atom. The van der Waals surface area contributed by atoms with Crippen LogP contribution in [0.5, 0.6) is 5.75 Å². The second-order valence-electron chi connectivity index (χ2n) is 17.2. The summed E-state index contributed by atoms with van der Waals surface area (Å²) in [6, 6.07) is 11.1. The number of amides is 1. The van der Waals surface area contributed by atoms with Crippen molar-refractivity contribution >= 4 is 28.5 Å². The van der Waals surface area contributed by atoms with Crippen LogP contribution in [0.1, 0.15) is 68.6 Å². The standard InChI is InChI=1S/C43H58N6O7/c1-6-40(53)22-26(24-48(25-40)17-13-27-23-45-32-12-9-8-11-28(27)32)19-30(35(50)56-5)29-20-31-33(21-34(29)55-4)47(3)37-42(31)15-18-49-16-10-14-41(7-2,36(42)49)38(51)43(37,54)39(52)46-44/h8-12,14,20-21,23,26,30,36-38,45,51,53-54H,6-7,13,15-19,22,24-25,44H2,1-5H3,(H,46,52)/t26-,30+,36+,37-,38-,40+,41-,42-,43+/m1/s1. The number of likely N-dealkylation sites (N-methyl/N-ethyl adjacent to an activating group) is 1. The molecule has 0 bridgehead atoms. The summed E-state index contributed by atoms with van der Waals surface area (Å²) < 4.78 is 11.6. The number of methoxy groups -OCH3 is 2. The molecule has 8 rings (SSSR count). The van der Waals surface area contributed by atoms with E-state index in [2.05, 4.69) is 44.6 Å². The Morgan fingerprint density at radius 3 is 2.62 bits per heavy atom. The molecule has 1 aromatic heterocycles. The van der Waals surface area contributed by atoms with Gasteiger partial charge in [0.15, 0.2) is 5.60 Å². The molecule has 2 aromatic carbocycles. The number of aliphatic hydroxyl groups excluding tert-OH is 1. The molecule has 5 aliphatic rings. The van der Waals surface area contributed by atoms with Gasteiger partial charge in [-0.25, -0.2) is 5.84 Å². The number of H-pyrrole nitrogens is 1.